The first kappa shape index (κ1) is 20.6. The van der Waals surface area contributed by atoms with E-state index in [4.69, 9.17) is 0 Å². The molecule has 3 rings (SSSR count). The molecule has 0 spiro atoms. The molecule has 2 amide bonds. The van der Waals surface area contributed by atoms with E-state index >= 15 is 0 Å². The molecule has 0 aromatic heterocycles. The fourth-order valence-corrected chi connectivity index (χ4v) is 4.37. The second-order valence-corrected chi connectivity index (χ2v) is 7.78. The summed E-state index contributed by atoms with van der Waals surface area (Å²) in [5, 5.41) is 2.22. The van der Waals surface area contributed by atoms with E-state index < -0.39 is 29.0 Å². The van der Waals surface area contributed by atoms with Gasteiger partial charge in [-0.05, 0) is 50.8 Å². The molecule has 1 aromatic rings. The normalized spacial score (nSPS) is 22.1. The van der Waals surface area contributed by atoms with Gasteiger partial charge in [0.15, 0.2) is 17.5 Å². The summed E-state index contributed by atoms with van der Waals surface area (Å²) < 4.78 is 39.9. The van der Waals surface area contributed by atoms with Crippen molar-refractivity contribution in [3.8, 4) is 0 Å². The quantitative estimate of drug-likeness (QED) is 0.777. The Morgan fingerprint density at radius 2 is 1.79 bits per heavy atom. The van der Waals surface area contributed by atoms with Crippen molar-refractivity contribution >= 4 is 17.5 Å². The number of halogens is 3. The first-order valence-electron chi connectivity index (χ1n) is 9.78. The summed E-state index contributed by atoms with van der Waals surface area (Å²) in [7, 11) is 1.63. The van der Waals surface area contributed by atoms with E-state index in [2.05, 4.69) is 5.32 Å². The number of amides is 2. The molecule has 1 heterocycles. The number of piperidine rings is 1. The number of hydrogen-bond donors (Lipinski definition) is 1. The van der Waals surface area contributed by atoms with E-state index in [-0.39, 0.29) is 19.0 Å². The molecule has 1 N–H and O–H groups in total. The summed E-state index contributed by atoms with van der Waals surface area (Å²) in [6, 6.07) is 2.01. The van der Waals surface area contributed by atoms with Gasteiger partial charge in [0.25, 0.3) is 0 Å². The molecule has 2 aliphatic rings. The van der Waals surface area contributed by atoms with Crippen molar-refractivity contribution < 1.29 is 22.8 Å². The number of likely N-dealkylation sites (N-methyl/N-ethyl adjacent to an activating group) is 1. The average Bonchev–Trinajstić information content (AvgIpc) is 2.67. The Balaban J connectivity index is 1.53. The smallest absolute Gasteiger partial charge is 0.238 e. The van der Waals surface area contributed by atoms with E-state index in [1.54, 1.807) is 11.9 Å². The number of rotatable bonds is 5. The van der Waals surface area contributed by atoms with Crippen molar-refractivity contribution in [2.45, 2.75) is 44.6 Å². The zero-order valence-corrected chi connectivity index (χ0v) is 16.0. The van der Waals surface area contributed by atoms with Crippen LogP contribution in [0.25, 0.3) is 0 Å². The molecule has 5 nitrogen and oxygen atoms in total. The fraction of sp³-hybridized carbons (Fsp3) is 0.600. The van der Waals surface area contributed by atoms with E-state index in [1.807, 2.05) is 4.90 Å². The number of nitrogens with one attached hydrogen (secondary N) is 1. The van der Waals surface area contributed by atoms with Crippen LogP contribution in [0.15, 0.2) is 12.1 Å². The number of benzene rings is 1. The molecule has 1 saturated heterocycles. The van der Waals surface area contributed by atoms with Gasteiger partial charge in [0.1, 0.15) is 0 Å². The Labute approximate surface area is 162 Å². The lowest BCUT2D eigenvalue weighted by atomic mass is 9.78. The maximum Gasteiger partial charge on any atom is 0.238 e. The Kier molecular flexibility index (Phi) is 6.59. The molecule has 0 unspecified atom stereocenters. The molecule has 154 valence electrons. The number of nitrogens with zero attached hydrogens (tertiary/aromatic N) is 2. The van der Waals surface area contributed by atoms with Crippen LogP contribution in [0.1, 0.15) is 38.5 Å². The highest BCUT2D eigenvalue weighted by Crippen LogP contribution is 2.35. The third-order valence-electron chi connectivity index (χ3n) is 5.69. The summed E-state index contributed by atoms with van der Waals surface area (Å²) in [5.41, 5.74) is -0.426. The van der Waals surface area contributed by atoms with Crippen LogP contribution < -0.4 is 5.32 Å². The molecule has 2 atom stereocenters. The van der Waals surface area contributed by atoms with Crippen LogP contribution in [0.5, 0.6) is 0 Å². The molecule has 1 saturated carbocycles. The van der Waals surface area contributed by atoms with Gasteiger partial charge in [-0.25, -0.2) is 13.2 Å². The SMILES string of the molecule is CN(CC(=O)Nc1ccc(F)c(F)c1F)CC(=O)N1CCC[C@H]2CCCC[C@@H]21. The van der Waals surface area contributed by atoms with Gasteiger partial charge >= 0.3 is 0 Å². The van der Waals surface area contributed by atoms with Crippen LogP contribution in [-0.4, -0.2) is 54.3 Å². The molecular formula is C20H26F3N3O2. The van der Waals surface area contributed by atoms with Crippen LogP contribution in [0.4, 0.5) is 18.9 Å². The number of fused-ring (bicyclic) bond motifs is 1. The fourth-order valence-electron chi connectivity index (χ4n) is 4.37. The molecule has 0 radical (unpaired) electrons. The van der Waals surface area contributed by atoms with E-state index in [1.165, 1.54) is 19.3 Å². The van der Waals surface area contributed by atoms with Crippen molar-refractivity contribution in [3.63, 3.8) is 0 Å². The number of carbonyl (C=O) groups excluding carboxylic acids is 2. The van der Waals surface area contributed by atoms with Crippen LogP contribution in [0.2, 0.25) is 0 Å². The van der Waals surface area contributed by atoms with Gasteiger partial charge in [-0.3, -0.25) is 14.5 Å². The molecular weight excluding hydrogens is 371 g/mol. The predicted molar refractivity (Wildman–Crippen MR) is 99.1 cm³/mol. The number of likely N-dealkylation sites (tertiary alicyclic amines) is 1. The highest BCUT2D eigenvalue weighted by atomic mass is 19.2. The summed E-state index contributed by atoms with van der Waals surface area (Å²) in [6.45, 7) is 0.670. The first-order chi connectivity index (χ1) is 13.4. The van der Waals surface area contributed by atoms with E-state index in [0.717, 1.165) is 37.9 Å². The van der Waals surface area contributed by atoms with Crippen LogP contribution in [0, 0.1) is 23.4 Å². The minimum atomic E-state index is -1.63. The summed E-state index contributed by atoms with van der Waals surface area (Å²) in [4.78, 5) is 28.3. The van der Waals surface area contributed by atoms with Crippen LogP contribution in [0.3, 0.4) is 0 Å². The molecule has 1 aromatic carbocycles. The third-order valence-corrected chi connectivity index (χ3v) is 5.69. The maximum absolute atomic E-state index is 13.7. The molecule has 0 bridgehead atoms. The molecule has 1 aliphatic carbocycles. The largest absolute Gasteiger partial charge is 0.338 e. The van der Waals surface area contributed by atoms with E-state index in [9.17, 15) is 22.8 Å². The maximum atomic E-state index is 13.7. The second-order valence-electron chi connectivity index (χ2n) is 7.78. The summed E-state index contributed by atoms with van der Waals surface area (Å²) in [6.07, 6.45) is 6.76. The molecule has 2 fully saturated rings. The van der Waals surface area contributed by atoms with Crippen molar-refractivity contribution in [1.82, 2.24) is 9.80 Å². The lowest BCUT2D eigenvalue weighted by Crippen LogP contribution is -2.52. The Morgan fingerprint density at radius 1 is 1.07 bits per heavy atom. The topological polar surface area (TPSA) is 52.7 Å². The number of anilines is 1. The van der Waals surface area contributed by atoms with Gasteiger partial charge in [0, 0.05) is 12.6 Å². The summed E-state index contributed by atoms with van der Waals surface area (Å²) >= 11 is 0. The van der Waals surface area contributed by atoms with Gasteiger partial charge in [0.2, 0.25) is 11.8 Å². The minimum absolute atomic E-state index is 0.00842. The standard InChI is InChI=1S/C20H26F3N3O2/c1-25(11-17(27)24-15-9-8-14(21)19(22)20(15)23)12-18(28)26-10-4-6-13-5-2-3-7-16(13)26/h8-9,13,16H,2-7,10-12H2,1H3,(H,24,27)/t13-,16+/m1/s1. The van der Waals surface area contributed by atoms with E-state index in [0.29, 0.717) is 12.0 Å². The Hall–Kier alpha value is -2.09. The van der Waals surface area contributed by atoms with Crippen molar-refractivity contribution in [1.29, 1.82) is 0 Å². The number of carbonyl (C=O) groups is 2. The molecule has 8 heteroatoms. The van der Waals surface area contributed by atoms with Crippen LogP contribution >= 0.6 is 0 Å². The van der Waals surface area contributed by atoms with Crippen molar-refractivity contribution in [3.05, 3.63) is 29.6 Å². The summed E-state index contributed by atoms with van der Waals surface area (Å²) in [5.74, 6) is -4.42. The molecule has 28 heavy (non-hydrogen) atoms. The molecule has 1 aliphatic heterocycles. The number of hydrogen-bond acceptors (Lipinski definition) is 3. The lowest BCUT2D eigenvalue weighted by molar-refractivity contribution is -0.138. The van der Waals surface area contributed by atoms with Gasteiger partial charge in [-0.15, -0.1) is 0 Å². The van der Waals surface area contributed by atoms with Gasteiger partial charge in [-0.1, -0.05) is 12.8 Å². The predicted octanol–water partition coefficient (Wildman–Crippen LogP) is 3.16. The second kappa shape index (κ2) is 8.94. The van der Waals surface area contributed by atoms with Gasteiger partial charge < -0.3 is 10.2 Å². The first-order valence-corrected chi connectivity index (χ1v) is 9.78. The highest BCUT2D eigenvalue weighted by molar-refractivity contribution is 5.92. The van der Waals surface area contributed by atoms with Crippen LogP contribution in [-0.2, 0) is 9.59 Å². The average molecular weight is 397 g/mol. The third kappa shape index (κ3) is 4.66. The van der Waals surface area contributed by atoms with Gasteiger partial charge in [-0.2, -0.15) is 0 Å². The minimum Gasteiger partial charge on any atom is -0.338 e. The van der Waals surface area contributed by atoms with Crippen molar-refractivity contribution in [2.24, 2.45) is 5.92 Å². The Morgan fingerprint density at radius 3 is 2.57 bits per heavy atom. The lowest BCUT2D eigenvalue weighted by Gasteiger charge is -2.44. The highest BCUT2D eigenvalue weighted by Gasteiger charge is 2.35. The zero-order valence-electron chi connectivity index (χ0n) is 16.0. The Bertz CT molecular complexity index is 742. The zero-order chi connectivity index (χ0) is 20.3. The van der Waals surface area contributed by atoms with Crippen molar-refractivity contribution in [2.75, 3.05) is 32.0 Å². The van der Waals surface area contributed by atoms with Gasteiger partial charge in [0.05, 0.1) is 18.8 Å². The monoisotopic (exact) mass is 397 g/mol.